The van der Waals surface area contributed by atoms with Gasteiger partial charge in [-0.05, 0) is 51.1 Å². The average molecular weight is 277 g/mol. The van der Waals surface area contributed by atoms with E-state index >= 15 is 0 Å². The van der Waals surface area contributed by atoms with Gasteiger partial charge in [0.05, 0.1) is 12.0 Å². The Morgan fingerprint density at radius 3 is 2.60 bits per heavy atom. The molecule has 1 aromatic carbocycles. The van der Waals surface area contributed by atoms with E-state index in [1.807, 2.05) is 26.8 Å². The Bertz CT molecular complexity index is 467. The molecule has 0 aliphatic heterocycles. The Morgan fingerprint density at radius 1 is 1.35 bits per heavy atom. The van der Waals surface area contributed by atoms with E-state index in [1.54, 1.807) is 6.07 Å². The summed E-state index contributed by atoms with van der Waals surface area (Å²) in [6, 6.07) is 7.21. The SMILES string of the molecule is CCNC(C)c1cc(F)ccc1N(CC)CC(C)C#N. The van der Waals surface area contributed by atoms with Crippen LogP contribution < -0.4 is 10.2 Å². The first-order valence-corrected chi connectivity index (χ1v) is 7.20. The fourth-order valence-corrected chi connectivity index (χ4v) is 2.35. The lowest BCUT2D eigenvalue weighted by Crippen LogP contribution is -2.30. The molecule has 4 heteroatoms. The number of hydrogen-bond donors (Lipinski definition) is 1. The molecule has 0 spiro atoms. The number of nitrogens with zero attached hydrogens (tertiary/aromatic N) is 2. The minimum atomic E-state index is -0.224. The van der Waals surface area contributed by atoms with Gasteiger partial charge in [0, 0.05) is 24.8 Å². The second-order valence-corrected chi connectivity index (χ2v) is 5.05. The van der Waals surface area contributed by atoms with Crippen LogP contribution in [0.2, 0.25) is 0 Å². The summed E-state index contributed by atoms with van der Waals surface area (Å²) in [6.45, 7) is 10.3. The van der Waals surface area contributed by atoms with Crippen LogP contribution in [-0.2, 0) is 0 Å². The Kier molecular flexibility index (Phi) is 6.47. The highest BCUT2D eigenvalue weighted by Crippen LogP contribution is 2.28. The second-order valence-electron chi connectivity index (χ2n) is 5.05. The van der Waals surface area contributed by atoms with Crippen molar-refractivity contribution >= 4 is 5.69 Å². The van der Waals surface area contributed by atoms with E-state index in [9.17, 15) is 4.39 Å². The largest absolute Gasteiger partial charge is 0.370 e. The van der Waals surface area contributed by atoms with Crippen LogP contribution in [-0.4, -0.2) is 19.6 Å². The zero-order chi connectivity index (χ0) is 15.1. The Hall–Kier alpha value is -1.60. The maximum absolute atomic E-state index is 13.5. The van der Waals surface area contributed by atoms with Gasteiger partial charge in [0.15, 0.2) is 0 Å². The standard InChI is InChI=1S/C16H24FN3/c1-5-19-13(4)15-9-14(17)7-8-16(15)20(6-2)11-12(3)10-18/h7-9,12-13,19H,5-6,11H2,1-4H3. The summed E-state index contributed by atoms with van der Waals surface area (Å²) in [4.78, 5) is 2.14. The molecule has 0 saturated heterocycles. The normalized spacial score (nSPS) is 13.6. The lowest BCUT2D eigenvalue weighted by molar-refractivity contribution is 0.578. The molecule has 0 amide bonds. The minimum absolute atomic E-state index is 0.0534. The summed E-state index contributed by atoms with van der Waals surface area (Å²) in [6.07, 6.45) is 0. The maximum atomic E-state index is 13.5. The van der Waals surface area contributed by atoms with Crippen molar-refractivity contribution < 1.29 is 4.39 Å². The van der Waals surface area contributed by atoms with Crippen molar-refractivity contribution in [3.63, 3.8) is 0 Å². The molecule has 1 rings (SSSR count). The number of nitriles is 1. The van der Waals surface area contributed by atoms with E-state index in [4.69, 9.17) is 5.26 Å². The molecule has 0 aliphatic rings. The van der Waals surface area contributed by atoms with Crippen molar-refractivity contribution in [3.8, 4) is 6.07 Å². The van der Waals surface area contributed by atoms with E-state index < -0.39 is 0 Å². The van der Waals surface area contributed by atoms with Crippen LogP contribution in [0, 0.1) is 23.1 Å². The monoisotopic (exact) mass is 277 g/mol. The van der Waals surface area contributed by atoms with Gasteiger partial charge in [0.1, 0.15) is 5.82 Å². The Labute approximate surface area is 121 Å². The highest BCUT2D eigenvalue weighted by molar-refractivity contribution is 5.55. The number of anilines is 1. The predicted molar refractivity (Wildman–Crippen MR) is 81.2 cm³/mol. The number of hydrogen-bond acceptors (Lipinski definition) is 3. The van der Waals surface area contributed by atoms with Crippen molar-refractivity contribution in [2.75, 3.05) is 24.5 Å². The zero-order valence-electron chi connectivity index (χ0n) is 12.8. The lowest BCUT2D eigenvalue weighted by Gasteiger charge is -2.29. The molecule has 2 atom stereocenters. The van der Waals surface area contributed by atoms with Gasteiger partial charge >= 0.3 is 0 Å². The van der Waals surface area contributed by atoms with Gasteiger partial charge in [-0.2, -0.15) is 5.26 Å². The zero-order valence-corrected chi connectivity index (χ0v) is 12.8. The summed E-state index contributed by atoms with van der Waals surface area (Å²) in [5.74, 6) is -0.278. The van der Waals surface area contributed by atoms with Crippen LogP contribution in [0.5, 0.6) is 0 Å². The summed E-state index contributed by atoms with van der Waals surface area (Å²) in [5, 5.41) is 12.3. The van der Waals surface area contributed by atoms with Crippen molar-refractivity contribution in [1.82, 2.24) is 5.32 Å². The summed E-state index contributed by atoms with van der Waals surface area (Å²) in [7, 11) is 0. The van der Waals surface area contributed by atoms with Gasteiger partial charge in [-0.25, -0.2) is 4.39 Å². The molecular formula is C16H24FN3. The average Bonchev–Trinajstić information content (AvgIpc) is 2.45. The van der Waals surface area contributed by atoms with E-state index in [1.165, 1.54) is 6.07 Å². The number of nitrogens with one attached hydrogen (secondary N) is 1. The van der Waals surface area contributed by atoms with Gasteiger partial charge in [-0.1, -0.05) is 6.92 Å². The number of halogens is 1. The molecule has 110 valence electrons. The molecule has 0 bridgehead atoms. The molecule has 0 aromatic heterocycles. The fourth-order valence-electron chi connectivity index (χ4n) is 2.35. The Balaban J connectivity index is 3.11. The molecular weight excluding hydrogens is 253 g/mol. The van der Waals surface area contributed by atoms with Crippen LogP contribution in [0.4, 0.5) is 10.1 Å². The highest BCUT2D eigenvalue weighted by Gasteiger charge is 2.17. The van der Waals surface area contributed by atoms with Crippen molar-refractivity contribution in [2.24, 2.45) is 5.92 Å². The van der Waals surface area contributed by atoms with Crippen molar-refractivity contribution in [3.05, 3.63) is 29.6 Å². The third kappa shape index (κ3) is 4.21. The Morgan fingerprint density at radius 2 is 2.05 bits per heavy atom. The van der Waals surface area contributed by atoms with Crippen molar-refractivity contribution in [2.45, 2.75) is 33.7 Å². The molecule has 3 nitrogen and oxygen atoms in total. The van der Waals surface area contributed by atoms with Crippen molar-refractivity contribution in [1.29, 1.82) is 5.26 Å². The third-order valence-corrected chi connectivity index (χ3v) is 3.40. The van der Waals surface area contributed by atoms with E-state index in [-0.39, 0.29) is 17.8 Å². The van der Waals surface area contributed by atoms with Crippen LogP contribution in [0.25, 0.3) is 0 Å². The summed E-state index contributed by atoms with van der Waals surface area (Å²) < 4.78 is 13.5. The van der Waals surface area contributed by atoms with Gasteiger partial charge in [-0.3, -0.25) is 0 Å². The molecule has 0 radical (unpaired) electrons. The van der Waals surface area contributed by atoms with Gasteiger partial charge < -0.3 is 10.2 Å². The summed E-state index contributed by atoms with van der Waals surface area (Å²) in [5.41, 5.74) is 1.95. The smallest absolute Gasteiger partial charge is 0.123 e. The first-order valence-electron chi connectivity index (χ1n) is 7.20. The molecule has 1 aromatic rings. The number of benzene rings is 1. The first-order chi connectivity index (χ1) is 9.53. The maximum Gasteiger partial charge on any atom is 0.123 e. The lowest BCUT2D eigenvalue weighted by atomic mass is 10.0. The predicted octanol–water partition coefficient (Wildman–Crippen LogP) is 3.48. The molecule has 2 unspecified atom stereocenters. The minimum Gasteiger partial charge on any atom is -0.370 e. The third-order valence-electron chi connectivity index (χ3n) is 3.40. The topological polar surface area (TPSA) is 39.1 Å². The van der Waals surface area contributed by atoms with E-state index in [2.05, 4.69) is 23.2 Å². The summed E-state index contributed by atoms with van der Waals surface area (Å²) >= 11 is 0. The molecule has 0 aliphatic carbocycles. The second kappa shape index (κ2) is 7.86. The molecule has 20 heavy (non-hydrogen) atoms. The molecule has 1 N–H and O–H groups in total. The highest BCUT2D eigenvalue weighted by atomic mass is 19.1. The van der Waals surface area contributed by atoms with Crippen LogP contribution >= 0.6 is 0 Å². The van der Waals surface area contributed by atoms with Gasteiger partial charge in [0.25, 0.3) is 0 Å². The fraction of sp³-hybridized carbons (Fsp3) is 0.562. The van der Waals surface area contributed by atoms with E-state index in [0.717, 1.165) is 24.3 Å². The van der Waals surface area contributed by atoms with Crippen LogP contribution in [0.3, 0.4) is 0 Å². The first kappa shape index (κ1) is 16.5. The quantitative estimate of drug-likeness (QED) is 0.829. The van der Waals surface area contributed by atoms with Gasteiger partial charge in [0.2, 0.25) is 0 Å². The molecule has 0 fully saturated rings. The van der Waals surface area contributed by atoms with Crippen LogP contribution in [0.1, 0.15) is 39.3 Å². The number of rotatable bonds is 7. The van der Waals surface area contributed by atoms with Gasteiger partial charge in [-0.15, -0.1) is 0 Å². The van der Waals surface area contributed by atoms with E-state index in [0.29, 0.717) is 6.54 Å². The molecule has 0 saturated carbocycles. The van der Waals surface area contributed by atoms with Crippen LogP contribution in [0.15, 0.2) is 18.2 Å². The molecule has 0 heterocycles.